The Balaban J connectivity index is 0.000000297. The molecule has 2 aromatic heterocycles. The van der Waals surface area contributed by atoms with Crippen molar-refractivity contribution in [2.45, 2.75) is 87.5 Å². The number of ketones is 1. The molecule has 0 fully saturated rings. The van der Waals surface area contributed by atoms with Crippen LogP contribution in [-0.2, 0) is 31.3 Å². The minimum atomic E-state index is -0.134. The fourth-order valence-electron chi connectivity index (χ4n) is 6.04. The monoisotopic (exact) mass is 804 g/mol. The summed E-state index contributed by atoms with van der Waals surface area (Å²) >= 11 is 1.82. The van der Waals surface area contributed by atoms with Gasteiger partial charge in [0.15, 0.2) is 5.78 Å². The molecule has 0 amide bonds. The number of thiophene rings is 1. The minimum Gasteiger partial charge on any atom is -0.682 e. The molecule has 0 saturated heterocycles. The first-order valence-corrected chi connectivity index (χ1v) is 16.9. The summed E-state index contributed by atoms with van der Waals surface area (Å²) in [6.07, 6.45) is 5.97. The molecular formula is C36H48BIrN4O2S-. The molecule has 0 saturated carbocycles. The molecule has 45 heavy (non-hydrogen) atoms. The van der Waals surface area contributed by atoms with Crippen LogP contribution >= 0.6 is 11.3 Å². The van der Waals surface area contributed by atoms with E-state index < -0.39 is 0 Å². The Morgan fingerprint density at radius 1 is 1.02 bits per heavy atom. The van der Waals surface area contributed by atoms with Crippen LogP contribution < -0.4 is 10.4 Å². The molecule has 0 spiro atoms. The van der Waals surface area contributed by atoms with Crippen molar-refractivity contribution in [3.05, 3.63) is 70.8 Å². The molecule has 5 rings (SSSR count). The van der Waals surface area contributed by atoms with Gasteiger partial charge >= 0.3 is 0 Å². The second-order valence-corrected chi connectivity index (χ2v) is 14.2. The number of aryl methyl sites for hydroxylation is 1. The van der Waals surface area contributed by atoms with Crippen LogP contribution in [0, 0.1) is 24.2 Å². The molecule has 1 aliphatic heterocycles. The van der Waals surface area contributed by atoms with E-state index in [1.54, 1.807) is 0 Å². The summed E-state index contributed by atoms with van der Waals surface area (Å²) in [5.74, 6) is 0.547. The topological polar surface area (TPSA) is 80.4 Å². The van der Waals surface area contributed by atoms with Crippen molar-refractivity contribution in [1.29, 1.82) is 0 Å². The van der Waals surface area contributed by atoms with E-state index in [1.165, 1.54) is 31.8 Å². The van der Waals surface area contributed by atoms with Crippen molar-refractivity contribution in [1.82, 2.24) is 10.2 Å². The Hall–Kier alpha value is -2.74. The molecule has 0 bridgehead atoms. The number of hydrogen-bond acceptors (Lipinski definition) is 6. The fourth-order valence-corrected chi connectivity index (χ4v) is 7.36. The quantitative estimate of drug-likeness (QED) is 0.104. The maximum absolute atomic E-state index is 11.7. The maximum Gasteiger partial charge on any atom is 0.210 e. The SMILES string of the molecule is CCC(CC)C(=O)/C=C(\O)C(CC)CC.Cc1nnc(B2[N-]c3ccccc3N2C)c2sc3cc(CC(C)(C)C)ccc3c12.[Ir]. The summed E-state index contributed by atoms with van der Waals surface area (Å²) in [5.41, 5.74) is 5.74. The Morgan fingerprint density at radius 2 is 1.67 bits per heavy atom. The molecule has 9 heteroatoms. The number of nitrogens with zero attached hydrogens (tertiary/aromatic N) is 4. The summed E-state index contributed by atoms with van der Waals surface area (Å²) in [4.78, 5) is 13.9. The maximum atomic E-state index is 11.7. The van der Waals surface area contributed by atoms with Crippen LogP contribution in [-0.4, -0.2) is 35.1 Å². The number of carbonyl (C=O) groups is 1. The molecule has 1 N–H and O–H groups in total. The van der Waals surface area contributed by atoms with Crippen LogP contribution in [0.5, 0.6) is 0 Å². The Bertz CT molecular complexity index is 1640. The number of benzene rings is 2. The largest absolute Gasteiger partial charge is 0.682 e. The first-order chi connectivity index (χ1) is 20.9. The molecule has 4 aromatic rings. The zero-order chi connectivity index (χ0) is 32.2. The number of rotatable bonds is 9. The van der Waals surface area contributed by atoms with Gasteiger partial charge in [0.05, 0.1) is 16.2 Å². The predicted molar refractivity (Wildman–Crippen MR) is 190 cm³/mol. The molecule has 2 aromatic carbocycles. The molecule has 1 aliphatic rings. The van der Waals surface area contributed by atoms with Crippen molar-refractivity contribution >= 4 is 61.2 Å². The second kappa shape index (κ2) is 15.7. The Labute approximate surface area is 287 Å². The second-order valence-electron chi connectivity index (χ2n) is 13.1. The van der Waals surface area contributed by atoms with Crippen molar-refractivity contribution in [3.63, 3.8) is 0 Å². The number of para-hydroxylation sites is 1. The zero-order valence-corrected chi connectivity index (χ0v) is 31.5. The number of aliphatic hydroxyl groups is 1. The van der Waals surface area contributed by atoms with E-state index in [9.17, 15) is 9.90 Å². The van der Waals surface area contributed by atoms with Gasteiger partial charge in [0, 0.05) is 64.8 Å². The van der Waals surface area contributed by atoms with Crippen LogP contribution in [0.4, 0.5) is 11.4 Å². The number of fused-ring (bicyclic) bond motifs is 4. The summed E-state index contributed by atoms with van der Waals surface area (Å²) in [6, 6.07) is 15.1. The van der Waals surface area contributed by atoms with Crippen LogP contribution in [0.25, 0.3) is 25.4 Å². The third kappa shape index (κ3) is 8.35. The zero-order valence-electron chi connectivity index (χ0n) is 28.3. The summed E-state index contributed by atoms with van der Waals surface area (Å²) in [5, 5.41) is 26.3. The first kappa shape index (κ1) is 36.7. The van der Waals surface area contributed by atoms with Crippen LogP contribution in [0.3, 0.4) is 0 Å². The van der Waals surface area contributed by atoms with Gasteiger partial charge in [-0.2, -0.15) is 10.2 Å². The van der Waals surface area contributed by atoms with E-state index >= 15 is 0 Å². The van der Waals surface area contributed by atoms with Gasteiger partial charge in [-0.25, -0.2) is 0 Å². The summed E-state index contributed by atoms with van der Waals surface area (Å²) in [7, 11) is 2.09. The van der Waals surface area contributed by atoms with E-state index in [4.69, 9.17) is 5.23 Å². The van der Waals surface area contributed by atoms with Gasteiger partial charge in [0.25, 0.3) is 0 Å². The van der Waals surface area contributed by atoms with Gasteiger partial charge in [0.2, 0.25) is 6.98 Å². The van der Waals surface area contributed by atoms with Crippen LogP contribution in [0.1, 0.15) is 85.4 Å². The number of allylic oxidation sites excluding steroid dienone is 2. The molecular weight excluding hydrogens is 756 g/mol. The molecule has 0 unspecified atom stereocenters. The van der Waals surface area contributed by atoms with E-state index in [1.807, 2.05) is 45.1 Å². The number of aliphatic hydroxyl groups excluding tert-OH is 1. The van der Waals surface area contributed by atoms with Gasteiger partial charge in [-0.1, -0.05) is 78.8 Å². The number of anilines is 1. The minimum absolute atomic E-state index is 0. The third-order valence-electron chi connectivity index (χ3n) is 8.61. The van der Waals surface area contributed by atoms with E-state index in [0.29, 0.717) is 0 Å². The average Bonchev–Trinajstić information content (AvgIpc) is 3.52. The van der Waals surface area contributed by atoms with E-state index in [0.717, 1.165) is 54.8 Å². The fraction of sp³-hybridized carbons (Fsp3) is 0.472. The molecule has 243 valence electrons. The normalized spacial score (nSPS) is 13.2. The van der Waals surface area contributed by atoms with Crippen molar-refractivity contribution < 1.29 is 30.0 Å². The smallest absolute Gasteiger partial charge is 0.210 e. The van der Waals surface area contributed by atoms with Crippen LogP contribution in [0.15, 0.2) is 54.3 Å². The molecule has 1 radical (unpaired) electrons. The van der Waals surface area contributed by atoms with Gasteiger partial charge < -0.3 is 15.1 Å². The van der Waals surface area contributed by atoms with Gasteiger partial charge in [0.1, 0.15) is 0 Å². The number of hydrogen-bond donors (Lipinski definition) is 1. The van der Waals surface area contributed by atoms with Crippen molar-refractivity contribution in [3.8, 4) is 0 Å². The van der Waals surface area contributed by atoms with E-state index in [2.05, 4.69) is 86.1 Å². The van der Waals surface area contributed by atoms with E-state index in [-0.39, 0.29) is 55.9 Å². The Morgan fingerprint density at radius 3 is 2.27 bits per heavy atom. The first-order valence-electron chi connectivity index (χ1n) is 16.1. The van der Waals surface area contributed by atoms with Crippen LogP contribution in [0.2, 0.25) is 0 Å². The molecule has 6 nitrogen and oxygen atoms in total. The molecule has 0 atom stereocenters. The molecule has 0 aliphatic carbocycles. The molecule has 3 heterocycles. The van der Waals surface area contributed by atoms with Gasteiger partial charge in [-0.3, -0.25) is 4.79 Å². The number of carbonyl (C=O) groups excluding carboxylic acids is 1. The number of aromatic nitrogens is 2. The van der Waals surface area contributed by atoms with Gasteiger partial charge in [-0.15, -0.1) is 17.0 Å². The summed E-state index contributed by atoms with van der Waals surface area (Å²) in [6.45, 7) is 16.8. The average molecular weight is 804 g/mol. The van der Waals surface area contributed by atoms with Crippen molar-refractivity contribution in [2.24, 2.45) is 17.3 Å². The standard InChI is InChI=1S/C23H24BN4S.C13H24O2.Ir/c1-14-20-16-11-10-15(13-23(2,3)4)12-19(16)29-21(20)22(27-26-14)24-25-17-8-6-7-9-18(17)28(24)5;1-5-10(6-2)12(14)9-13(15)11(7-3)8-4;/h6-12H,13H2,1-5H3;9-11,14H,5-8H2,1-4H3;/q-1;;/b;12-9-;. The predicted octanol–water partition coefficient (Wildman–Crippen LogP) is 9.46. The van der Waals surface area contributed by atoms with Crippen molar-refractivity contribution in [2.75, 3.05) is 11.9 Å². The third-order valence-corrected chi connectivity index (χ3v) is 9.78. The van der Waals surface area contributed by atoms with Gasteiger partial charge in [-0.05, 0) is 69.2 Å². The summed E-state index contributed by atoms with van der Waals surface area (Å²) < 4.78 is 2.51. The Kier molecular flexibility index (Phi) is 12.8.